The third-order valence-electron chi connectivity index (χ3n) is 16.2. The predicted octanol–water partition coefficient (Wildman–Crippen LogP) is 10.4. The Morgan fingerprint density at radius 2 is 1.01 bits per heavy atom. The maximum atomic E-state index is 12.9. The molecule has 12 nitrogen and oxygen atoms in total. The van der Waals surface area contributed by atoms with Crippen molar-refractivity contribution in [2.24, 2.45) is 82.5 Å². The molecule has 3 unspecified atom stereocenters. The van der Waals surface area contributed by atoms with Gasteiger partial charge in [-0.1, -0.05) is 189 Å². The molecule has 1 saturated heterocycles. The summed E-state index contributed by atoms with van der Waals surface area (Å²) in [5.74, 6) is 5.65. The number of aliphatic hydroxyl groups is 2. The fourth-order valence-corrected chi connectivity index (χ4v) is 12.6. The van der Waals surface area contributed by atoms with Crippen LogP contribution in [0.25, 0.3) is 0 Å². The molecule has 81 heavy (non-hydrogen) atoms. The number of hydrogen-bond donors (Lipinski definition) is 7. The number of amides is 2. The number of nitrogens with one attached hydrogen (secondary N) is 3. The minimum Gasteiger partial charge on any atom is -1.00 e. The number of carbonyl (C=O) groups is 3. The molecule has 0 aromatic heterocycles. The first-order chi connectivity index (χ1) is 38.3. The van der Waals surface area contributed by atoms with E-state index in [9.17, 15) is 24.6 Å². The summed E-state index contributed by atoms with van der Waals surface area (Å²) in [5.41, 5.74) is 13.6. The molecule has 4 fully saturated rings. The number of ether oxygens (including phenoxy) is 2. The van der Waals surface area contributed by atoms with E-state index in [1.165, 1.54) is 38.5 Å². The summed E-state index contributed by atoms with van der Waals surface area (Å²) in [5, 5.41) is 26.4. The summed E-state index contributed by atoms with van der Waals surface area (Å²) >= 11 is 11.9. The molecule has 3 aromatic rings. The Balaban J connectivity index is 0.00000104. The van der Waals surface area contributed by atoms with Crippen molar-refractivity contribution in [3.63, 3.8) is 0 Å². The van der Waals surface area contributed by atoms with E-state index in [1.807, 2.05) is 91.0 Å². The smallest absolute Gasteiger partial charge is 1.00 e. The molecule has 2 amide bonds. The third-order valence-corrected chi connectivity index (χ3v) is 17.3. The van der Waals surface area contributed by atoms with Crippen LogP contribution in [0.5, 0.6) is 0 Å². The van der Waals surface area contributed by atoms with Gasteiger partial charge in [-0.15, -0.1) is 0 Å². The zero-order valence-electron chi connectivity index (χ0n) is 52.2. The van der Waals surface area contributed by atoms with Crippen LogP contribution in [0.2, 0.25) is 0 Å². The topological polar surface area (TPSA) is 198 Å². The van der Waals surface area contributed by atoms with E-state index in [-0.39, 0.29) is 78.4 Å². The van der Waals surface area contributed by atoms with E-state index < -0.39 is 12.2 Å². The molecule has 0 bridgehead atoms. The van der Waals surface area contributed by atoms with Crippen LogP contribution in [-0.2, 0) is 23.9 Å². The van der Waals surface area contributed by atoms with Gasteiger partial charge in [0.2, 0.25) is 17.1 Å². The van der Waals surface area contributed by atoms with Gasteiger partial charge in [0.15, 0.2) is 0 Å². The fraction of sp³-hybridized carbons (Fsp3) is 0.677. The van der Waals surface area contributed by atoms with Gasteiger partial charge in [0, 0.05) is 85.2 Å². The Kier molecular flexibility index (Phi) is 43.4. The van der Waals surface area contributed by atoms with Gasteiger partial charge < -0.3 is 43.2 Å². The first-order valence-electron chi connectivity index (χ1n) is 30.0. The van der Waals surface area contributed by atoms with Crippen LogP contribution >= 0.6 is 43.7 Å². The van der Waals surface area contributed by atoms with Crippen LogP contribution < -0.4 is 56.0 Å². The van der Waals surface area contributed by atoms with Crippen LogP contribution in [-0.4, -0.2) is 85.1 Å². The Morgan fingerprint density at radius 1 is 0.630 bits per heavy atom. The zero-order valence-corrected chi connectivity index (χ0v) is 57.1. The van der Waals surface area contributed by atoms with Crippen molar-refractivity contribution in [3.8, 4) is 0 Å². The van der Waals surface area contributed by atoms with Crippen molar-refractivity contribution >= 4 is 60.7 Å². The standard InChI is InChI=1S/C21H34N2O2.C19H29NO2.C11H19ClO.C8H11NO.C4H8O.C2H5Br2N.Na.H/c1-15(2)18-10-9-16(3)13-19(18)21(24)23-14-20(25-12-11-22)17-7-5-4-6-8-17;1-13(2)16-10-9-14(3)11-17(16)19(22)20-12-18(21)15-7-5-4-6-8-15;1-7(2)9-5-4-8(3)6-10(9)11(12)13;9-6-8(10)7-4-2-1-3-5-7;1-2-4-5-3-1;3-1-2-5-4;;/h4-8,15-16,18-20H,9-14,22H2,1-3H3,(H,23,24);4-8,13-14,16-18,21H,9-12H2,1-3H3,(H,20,22);7-10H,4-6H2,1-3H3;1-5,8,10H,6,9H2;1-4H2;5H,1-2H2;;/q;;;;;;+1;-1/t16-,18+,19-,20?;14-,16+,17-,18?;8-,9+,10-;;;;;/m111...../s1. The summed E-state index contributed by atoms with van der Waals surface area (Å²) in [6.45, 7) is 25.0. The number of aliphatic hydroxyl groups excluding tert-OH is 2. The number of hydrogen-bond acceptors (Lipinski definition) is 10. The molecular formula is C65H107Br2ClN5NaO7. The van der Waals surface area contributed by atoms with Gasteiger partial charge in [0.05, 0.1) is 24.9 Å². The quantitative estimate of drug-likeness (QED) is 0.0262. The van der Waals surface area contributed by atoms with Gasteiger partial charge in [-0.25, -0.2) is 0 Å². The molecular weight excluding hydrogens is 1180 g/mol. The number of alkyl halides is 1. The monoisotopic (exact) mass is 1290 g/mol. The van der Waals surface area contributed by atoms with Gasteiger partial charge in [0.25, 0.3) is 0 Å². The van der Waals surface area contributed by atoms with Crippen LogP contribution in [0.3, 0.4) is 0 Å². The van der Waals surface area contributed by atoms with Crippen LogP contribution in [0.4, 0.5) is 0 Å². The Labute approximate surface area is 535 Å². The second-order valence-corrected chi connectivity index (χ2v) is 25.4. The maximum absolute atomic E-state index is 12.9. The van der Waals surface area contributed by atoms with Crippen molar-refractivity contribution in [2.75, 3.05) is 57.9 Å². The first kappa shape index (κ1) is 77.3. The van der Waals surface area contributed by atoms with Crippen molar-refractivity contribution in [1.29, 1.82) is 0 Å². The van der Waals surface area contributed by atoms with Gasteiger partial charge in [-0.05, 0) is 133 Å². The molecule has 12 atom stereocenters. The fourth-order valence-electron chi connectivity index (χ4n) is 11.4. The minimum atomic E-state index is -0.635. The minimum absolute atomic E-state index is 0. The van der Waals surface area contributed by atoms with Crippen molar-refractivity contribution < 1.29 is 65.1 Å². The molecule has 9 N–H and O–H groups in total. The Morgan fingerprint density at radius 3 is 1.35 bits per heavy atom. The SMILES string of the molecule is BrCCNBr.C1CCOC1.CC(C)[C@@H]1CC[C@@H](C)C[C@H]1C(=O)Cl.CC(C)[C@@H]1CC[C@@H](C)C[C@H]1C(=O)NCC(O)c1ccccc1.CC(C)[C@@H]1CC[C@@H](C)C[C@H]1C(=O)NCC(OCCN)c1ccccc1.NCC(O)c1ccccc1.[H-].[Na+]. The van der Waals surface area contributed by atoms with Gasteiger partial charge in [-0.2, -0.15) is 0 Å². The molecule has 3 saturated carbocycles. The number of carbonyl (C=O) groups excluding carboxylic acids is 3. The number of rotatable bonds is 19. The molecule has 456 valence electrons. The molecule has 7 rings (SSSR count). The summed E-state index contributed by atoms with van der Waals surface area (Å²) in [7, 11) is 0. The maximum Gasteiger partial charge on any atom is 1.00 e. The molecule has 4 aliphatic rings. The van der Waals surface area contributed by atoms with Gasteiger partial charge >= 0.3 is 29.6 Å². The molecule has 1 heterocycles. The normalized spacial score (nSPS) is 24.2. The zero-order chi connectivity index (χ0) is 59.4. The summed E-state index contributed by atoms with van der Waals surface area (Å²) < 4.78 is 13.6. The third kappa shape index (κ3) is 31.5. The predicted molar refractivity (Wildman–Crippen MR) is 339 cm³/mol. The van der Waals surface area contributed by atoms with Crippen molar-refractivity contribution in [2.45, 2.75) is 151 Å². The van der Waals surface area contributed by atoms with Crippen LogP contribution in [0, 0.1) is 71.0 Å². The summed E-state index contributed by atoms with van der Waals surface area (Å²) in [6, 6.07) is 28.9. The van der Waals surface area contributed by atoms with E-state index in [1.54, 1.807) is 0 Å². The second-order valence-electron chi connectivity index (χ2n) is 23.6. The summed E-state index contributed by atoms with van der Waals surface area (Å²) in [4.78, 5) is 36.7. The van der Waals surface area contributed by atoms with Gasteiger partial charge in [-0.3, -0.25) is 18.7 Å². The number of benzene rings is 3. The number of halogens is 3. The molecule has 3 aromatic carbocycles. The average Bonchev–Trinajstić information content (AvgIpc) is 4.10. The van der Waals surface area contributed by atoms with Gasteiger partial charge in [0.1, 0.15) is 0 Å². The van der Waals surface area contributed by atoms with E-state index >= 15 is 0 Å². The molecule has 16 heteroatoms. The van der Waals surface area contributed by atoms with E-state index in [0.717, 1.165) is 73.9 Å². The van der Waals surface area contributed by atoms with Crippen LogP contribution in [0.15, 0.2) is 91.0 Å². The Hall–Kier alpha value is -1.76. The Bertz CT molecular complexity index is 2050. The van der Waals surface area contributed by atoms with Crippen LogP contribution in [0.1, 0.15) is 169 Å². The average molecular weight is 1290 g/mol. The summed E-state index contributed by atoms with van der Waals surface area (Å²) in [6.07, 6.45) is 11.4. The number of nitrogens with two attached hydrogens (primary N) is 2. The van der Waals surface area contributed by atoms with E-state index in [2.05, 4.69) is 109 Å². The van der Waals surface area contributed by atoms with E-state index in [4.69, 9.17) is 32.5 Å². The van der Waals surface area contributed by atoms with Crippen molar-refractivity contribution in [1.82, 2.24) is 15.0 Å². The molecule has 3 aliphatic carbocycles. The van der Waals surface area contributed by atoms with Crippen molar-refractivity contribution in [3.05, 3.63) is 108 Å². The second kappa shape index (κ2) is 45.5. The molecule has 0 radical (unpaired) electrons. The molecule has 1 aliphatic heterocycles. The first-order valence-corrected chi connectivity index (χ1v) is 32.3. The largest absolute Gasteiger partial charge is 1.00 e. The van der Waals surface area contributed by atoms with E-state index in [0.29, 0.717) is 79.5 Å². The molecule has 0 spiro atoms.